The number of aryl methyl sites for hydroxylation is 2. The van der Waals surface area contributed by atoms with E-state index in [-0.39, 0.29) is 12.6 Å². The molecule has 0 aliphatic rings. The van der Waals surface area contributed by atoms with Crippen molar-refractivity contribution in [2.75, 3.05) is 0 Å². The van der Waals surface area contributed by atoms with Gasteiger partial charge in [0, 0.05) is 12.4 Å². The van der Waals surface area contributed by atoms with Crippen LogP contribution in [0.5, 0.6) is 0 Å². The molecule has 0 fully saturated rings. The van der Waals surface area contributed by atoms with Crippen LogP contribution in [-0.4, -0.2) is 20.9 Å². The van der Waals surface area contributed by atoms with Crippen molar-refractivity contribution in [1.82, 2.24) is 14.9 Å². The van der Waals surface area contributed by atoms with Gasteiger partial charge in [0.2, 0.25) is 0 Å². The molecule has 1 atom stereocenters. The van der Waals surface area contributed by atoms with Gasteiger partial charge in [0.05, 0.1) is 11.3 Å². The van der Waals surface area contributed by atoms with E-state index in [0.717, 1.165) is 16.8 Å². The minimum Gasteiger partial charge on any atom is -0.459 e. The van der Waals surface area contributed by atoms with Gasteiger partial charge in [-0.2, -0.15) is 5.10 Å². The summed E-state index contributed by atoms with van der Waals surface area (Å²) in [5, 5.41) is 8.04. The summed E-state index contributed by atoms with van der Waals surface area (Å²) < 4.78 is 12.2. The number of carbonyl (C=O) groups is 1. The molecule has 0 N–H and O–H groups in total. The van der Waals surface area contributed by atoms with Crippen molar-refractivity contribution in [3.63, 3.8) is 0 Å². The van der Waals surface area contributed by atoms with E-state index in [9.17, 15) is 4.79 Å². The van der Waals surface area contributed by atoms with Crippen LogP contribution in [0.25, 0.3) is 0 Å². The van der Waals surface area contributed by atoms with Crippen LogP contribution < -0.4 is 0 Å². The van der Waals surface area contributed by atoms with E-state index >= 15 is 0 Å². The Kier molecular flexibility index (Phi) is 4.23. The summed E-state index contributed by atoms with van der Waals surface area (Å²) in [6.07, 6.45) is 3.38. The lowest BCUT2D eigenvalue weighted by Gasteiger charge is -2.17. The van der Waals surface area contributed by atoms with Crippen LogP contribution in [0.15, 0.2) is 53.3 Å². The number of benzene rings is 1. The van der Waals surface area contributed by atoms with Gasteiger partial charge in [-0.05, 0) is 25.5 Å². The van der Waals surface area contributed by atoms with Crippen molar-refractivity contribution < 1.29 is 14.1 Å². The van der Waals surface area contributed by atoms with Crippen LogP contribution in [0.3, 0.4) is 0 Å². The molecule has 23 heavy (non-hydrogen) atoms. The minimum absolute atomic E-state index is 0.130. The molecule has 2 aromatic heterocycles. The molecule has 3 rings (SSSR count). The maximum atomic E-state index is 12.6. The van der Waals surface area contributed by atoms with E-state index in [4.69, 9.17) is 9.26 Å². The number of hydrogen-bond donors (Lipinski definition) is 0. The van der Waals surface area contributed by atoms with Gasteiger partial charge in [0.15, 0.2) is 6.04 Å². The summed E-state index contributed by atoms with van der Waals surface area (Å²) in [4.78, 5) is 12.6. The van der Waals surface area contributed by atoms with Gasteiger partial charge in [-0.3, -0.25) is 4.68 Å². The topological polar surface area (TPSA) is 70.2 Å². The molecule has 0 saturated heterocycles. The number of aromatic nitrogens is 3. The minimum atomic E-state index is -0.619. The Balaban J connectivity index is 1.82. The van der Waals surface area contributed by atoms with Crippen LogP contribution >= 0.6 is 0 Å². The fourth-order valence-electron chi connectivity index (χ4n) is 2.40. The van der Waals surface area contributed by atoms with E-state index in [0.29, 0.717) is 5.76 Å². The highest BCUT2D eigenvalue weighted by molar-refractivity contribution is 5.78. The average Bonchev–Trinajstić information content (AvgIpc) is 3.18. The van der Waals surface area contributed by atoms with E-state index in [1.165, 1.54) is 0 Å². The maximum Gasteiger partial charge on any atom is 0.335 e. The summed E-state index contributed by atoms with van der Waals surface area (Å²) in [6, 6.07) is 10.6. The van der Waals surface area contributed by atoms with E-state index in [1.807, 2.05) is 37.3 Å². The Morgan fingerprint density at radius 3 is 2.65 bits per heavy atom. The zero-order valence-electron chi connectivity index (χ0n) is 13.0. The third-order valence-electron chi connectivity index (χ3n) is 3.67. The normalized spacial score (nSPS) is 12.1. The van der Waals surface area contributed by atoms with Crippen molar-refractivity contribution in [2.45, 2.75) is 26.5 Å². The molecule has 6 heteroatoms. The zero-order chi connectivity index (χ0) is 16.2. The van der Waals surface area contributed by atoms with Crippen LogP contribution in [-0.2, 0) is 16.1 Å². The second-order valence-electron chi connectivity index (χ2n) is 5.21. The van der Waals surface area contributed by atoms with Crippen molar-refractivity contribution in [3.8, 4) is 0 Å². The second-order valence-corrected chi connectivity index (χ2v) is 5.21. The highest BCUT2D eigenvalue weighted by Gasteiger charge is 2.25. The average molecular weight is 311 g/mol. The lowest BCUT2D eigenvalue weighted by molar-refractivity contribution is -0.148. The standard InChI is InChI=1S/C17H17N3O3/c1-12-15(13(2)23-19-12)11-22-17(21)16(20-10-6-9-18-20)14-7-4-3-5-8-14/h3-10,16H,11H2,1-2H3/t16-/m0/s1. The predicted octanol–water partition coefficient (Wildman–Crippen LogP) is 2.82. The van der Waals surface area contributed by atoms with Gasteiger partial charge >= 0.3 is 5.97 Å². The first-order valence-electron chi connectivity index (χ1n) is 7.29. The molecule has 6 nitrogen and oxygen atoms in total. The van der Waals surface area contributed by atoms with Crippen LogP contribution in [0.1, 0.15) is 28.6 Å². The Labute approximate surface area is 133 Å². The van der Waals surface area contributed by atoms with Gasteiger partial charge < -0.3 is 9.26 Å². The van der Waals surface area contributed by atoms with Gasteiger partial charge in [-0.25, -0.2) is 4.79 Å². The molecule has 2 heterocycles. The van der Waals surface area contributed by atoms with Gasteiger partial charge in [0.25, 0.3) is 0 Å². The quantitative estimate of drug-likeness (QED) is 0.678. The molecule has 1 aromatic carbocycles. The highest BCUT2D eigenvalue weighted by Crippen LogP contribution is 2.21. The van der Waals surface area contributed by atoms with Crippen LogP contribution in [0, 0.1) is 13.8 Å². The number of esters is 1. The molecule has 3 aromatic rings. The first-order chi connectivity index (χ1) is 11.2. The molecule has 0 saturated carbocycles. The van der Waals surface area contributed by atoms with Crippen LogP contribution in [0.4, 0.5) is 0 Å². The third kappa shape index (κ3) is 3.15. The molecule has 0 amide bonds. The molecular formula is C17H17N3O3. The fourth-order valence-corrected chi connectivity index (χ4v) is 2.40. The summed E-state index contributed by atoms with van der Waals surface area (Å²) in [5.74, 6) is 0.283. The summed E-state index contributed by atoms with van der Waals surface area (Å²) >= 11 is 0. The molecule has 0 spiro atoms. The molecule has 0 radical (unpaired) electrons. The highest BCUT2D eigenvalue weighted by atomic mass is 16.5. The molecule has 0 aliphatic heterocycles. The van der Waals surface area contributed by atoms with Crippen molar-refractivity contribution in [2.24, 2.45) is 0 Å². The van der Waals surface area contributed by atoms with E-state index in [1.54, 1.807) is 30.1 Å². The maximum absolute atomic E-state index is 12.6. The molecule has 0 aliphatic carbocycles. The fraction of sp³-hybridized carbons (Fsp3) is 0.235. The van der Waals surface area contributed by atoms with Crippen molar-refractivity contribution in [1.29, 1.82) is 0 Å². The zero-order valence-corrected chi connectivity index (χ0v) is 13.0. The third-order valence-corrected chi connectivity index (χ3v) is 3.67. The second kappa shape index (κ2) is 6.48. The Hall–Kier alpha value is -2.89. The van der Waals surface area contributed by atoms with Gasteiger partial charge in [-0.15, -0.1) is 0 Å². The smallest absolute Gasteiger partial charge is 0.335 e. The predicted molar refractivity (Wildman–Crippen MR) is 82.6 cm³/mol. The number of carbonyl (C=O) groups excluding carboxylic acids is 1. The Bertz CT molecular complexity index is 759. The number of nitrogens with zero attached hydrogens (tertiary/aromatic N) is 3. The number of rotatable bonds is 5. The monoisotopic (exact) mass is 311 g/mol. The Morgan fingerprint density at radius 1 is 1.26 bits per heavy atom. The summed E-state index contributed by atoms with van der Waals surface area (Å²) in [6.45, 7) is 3.75. The van der Waals surface area contributed by atoms with Crippen molar-refractivity contribution >= 4 is 5.97 Å². The molecule has 0 unspecified atom stereocenters. The van der Waals surface area contributed by atoms with Gasteiger partial charge in [-0.1, -0.05) is 35.5 Å². The van der Waals surface area contributed by atoms with Crippen molar-refractivity contribution in [3.05, 3.63) is 71.4 Å². The molecule has 118 valence electrons. The lowest BCUT2D eigenvalue weighted by Crippen LogP contribution is -2.23. The van der Waals surface area contributed by atoms with Crippen LogP contribution in [0.2, 0.25) is 0 Å². The molecular weight excluding hydrogens is 294 g/mol. The largest absolute Gasteiger partial charge is 0.459 e. The lowest BCUT2D eigenvalue weighted by atomic mass is 10.1. The summed E-state index contributed by atoms with van der Waals surface area (Å²) in [5.41, 5.74) is 2.34. The summed E-state index contributed by atoms with van der Waals surface area (Å²) in [7, 11) is 0. The first-order valence-corrected chi connectivity index (χ1v) is 7.29. The molecule has 0 bridgehead atoms. The number of hydrogen-bond acceptors (Lipinski definition) is 5. The first kappa shape index (κ1) is 15.0. The Morgan fingerprint density at radius 2 is 2.04 bits per heavy atom. The SMILES string of the molecule is Cc1noc(C)c1COC(=O)[C@H](c1ccccc1)n1cccn1. The van der Waals surface area contributed by atoms with Gasteiger partial charge in [0.1, 0.15) is 12.4 Å². The van der Waals surface area contributed by atoms with E-state index < -0.39 is 6.04 Å². The van der Waals surface area contributed by atoms with E-state index in [2.05, 4.69) is 10.3 Å². The number of ether oxygens (including phenoxy) is 1.